The summed E-state index contributed by atoms with van der Waals surface area (Å²) in [6.45, 7) is 4.79. The van der Waals surface area contributed by atoms with Gasteiger partial charge in [-0.05, 0) is 6.42 Å². The average molecular weight is 233 g/mol. The Bertz CT molecular complexity index is 164. The van der Waals surface area contributed by atoms with E-state index in [-0.39, 0.29) is 0 Å². The lowest BCUT2D eigenvalue weighted by Gasteiger charge is -2.05. The highest BCUT2D eigenvalue weighted by Crippen LogP contribution is 1.98. The quantitative estimate of drug-likeness (QED) is 0.535. The van der Waals surface area contributed by atoms with Crippen LogP contribution in [0.3, 0.4) is 0 Å². The second-order valence-electron chi connectivity index (χ2n) is 3.52. The van der Waals surface area contributed by atoms with Crippen LogP contribution in [0, 0.1) is 0 Å². The summed E-state index contributed by atoms with van der Waals surface area (Å²) in [6, 6.07) is 0. The summed E-state index contributed by atoms with van der Waals surface area (Å²) in [5.74, 6) is 0. The fraction of sp³-hybridized carbons (Fsp3) is 0.909. The minimum Gasteiger partial charge on any atom is -0.465 e. The Labute approximate surface area is 97.1 Å². The van der Waals surface area contributed by atoms with E-state index < -0.39 is 6.09 Å². The van der Waals surface area contributed by atoms with Gasteiger partial charge in [-0.15, -0.1) is 0 Å². The van der Waals surface area contributed by atoms with Gasteiger partial charge in [-0.1, -0.05) is 26.2 Å². The SMILES string of the molecule is CCCCCCOCCOCCNC(=O)O. The van der Waals surface area contributed by atoms with Gasteiger partial charge in [-0.25, -0.2) is 4.79 Å². The molecule has 96 valence electrons. The van der Waals surface area contributed by atoms with Crippen molar-refractivity contribution in [1.82, 2.24) is 5.32 Å². The van der Waals surface area contributed by atoms with Crippen molar-refractivity contribution in [2.24, 2.45) is 0 Å². The predicted molar refractivity (Wildman–Crippen MR) is 61.8 cm³/mol. The molecule has 5 nitrogen and oxygen atoms in total. The van der Waals surface area contributed by atoms with Gasteiger partial charge >= 0.3 is 6.09 Å². The van der Waals surface area contributed by atoms with E-state index in [9.17, 15) is 4.79 Å². The number of unbranched alkanes of at least 4 members (excludes halogenated alkanes) is 3. The molecular formula is C11H23NO4. The summed E-state index contributed by atoms with van der Waals surface area (Å²) >= 11 is 0. The molecule has 0 rings (SSSR count). The number of amides is 1. The van der Waals surface area contributed by atoms with Crippen molar-refractivity contribution >= 4 is 6.09 Å². The summed E-state index contributed by atoms with van der Waals surface area (Å²) < 4.78 is 10.5. The maximum Gasteiger partial charge on any atom is 0.404 e. The van der Waals surface area contributed by atoms with Gasteiger partial charge in [0.2, 0.25) is 0 Å². The van der Waals surface area contributed by atoms with Crippen LogP contribution in [0.25, 0.3) is 0 Å². The van der Waals surface area contributed by atoms with Crippen LogP contribution in [0.4, 0.5) is 4.79 Å². The van der Waals surface area contributed by atoms with Crippen molar-refractivity contribution in [1.29, 1.82) is 0 Å². The largest absolute Gasteiger partial charge is 0.465 e. The van der Waals surface area contributed by atoms with Crippen LogP contribution in [0.5, 0.6) is 0 Å². The van der Waals surface area contributed by atoms with Gasteiger partial charge in [0.25, 0.3) is 0 Å². The fourth-order valence-corrected chi connectivity index (χ4v) is 1.18. The Hall–Kier alpha value is -0.810. The van der Waals surface area contributed by atoms with Crippen LogP contribution in [0.1, 0.15) is 32.6 Å². The molecule has 0 saturated carbocycles. The lowest BCUT2D eigenvalue weighted by Crippen LogP contribution is -2.25. The van der Waals surface area contributed by atoms with E-state index in [0.29, 0.717) is 26.4 Å². The second kappa shape index (κ2) is 12.3. The number of nitrogens with one attached hydrogen (secondary N) is 1. The summed E-state index contributed by atoms with van der Waals surface area (Å²) in [5.41, 5.74) is 0. The summed E-state index contributed by atoms with van der Waals surface area (Å²) in [5, 5.41) is 10.5. The number of carbonyl (C=O) groups is 1. The van der Waals surface area contributed by atoms with Crippen LogP contribution in [0.2, 0.25) is 0 Å². The van der Waals surface area contributed by atoms with Gasteiger partial charge in [0, 0.05) is 13.2 Å². The minimum atomic E-state index is -1.02. The first-order chi connectivity index (χ1) is 7.77. The molecule has 2 N–H and O–H groups in total. The molecule has 1 amide bonds. The molecule has 0 saturated heterocycles. The number of hydrogen-bond donors (Lipinski definition) is 2. The summed E-state index contributed by atoms with van der Waals surface area (Å²) in [7, 11) is 0. The maximum absolute atomic E-state index is 10.1. The van der Waals surface area contributed by atoms with Crippen molar-refractivity contribution in [3.63, 3.8) is 0 Å². The molecule has 16 heavy (non-hydrogen) atoms. The molecule has 0 spiro atoms. The molecule has 5 heteroatoms. The first-order valence-corrected chi connectivity index (χ1v) is 5.89. The third-order valence-corrected chi connectivity index (χ3v) is 2.04. The molecular weight excluding hydrogens is 210 g/mol. The highest BCUT2D eigenvalue weighted by molar-refractivity contribution is 5.64. The zero-order valence-corrected chi connectivity index (χ0v) is 10.0. The third-order valence-electron chi connectivity index (χ3n) is 2.04. The van der Waals surface area contributed by atoms with Gasteiger partial charge in [-0.2, -0.15) is 0 Å². The molecule has 0 unspecified atom stereocenters. The van der Waals surface area contributed by atoms with E-state index in [1.807, 2.05) is 0 Å². The van der Waals surface area contributed by atoms with Crippen molar-refractivity contribution in [2.45, 2.75) is 32.6 Å². The number of hydrogen-bond acceptors (Lipinski definition) is 3. The normalized spacial score (nSPS) is 10.3. The smallest absolute Gasteiger partial charge is 0.404 e. The van der Waals surface area contributed by atoms with Crippen LogP contribution >= 0.6 is 0 Å². The standard InChI is InChI=1S/C11H23NO4/c1-2-3-4-5-7-15-9-10-16-8-6-12-11(13)14/h12H,2-10H2,1H3,(H,13,14). The van der Waals surface area contributed by atoms with Crippen molar-refractivity contribution in [3.8, 4) is 0 Å². The predicted octanol–water partition coefficient (Wildman–Crippen LogP) is 1.87. The lowest BCUT2D eigenvalue weighted by atomic mass is 10.2. The number of rotatable bonds is 11. The van der Waals surface area contributed by atoms with Crippen molar-refractivity contribution < 1.29 is 19.4 Å². The summed E-state index contributed by atoms with van der Waals surface area (Å²) in [4.78, 5) is 10.1. The maximum atomic E-state index is 10.1. The van der Waals surface area contributed by atoms with E-state index in [1.165, 1.54) is 19.3 Å². The van der Waals surface area contributed by atoms with Crippen LogP contribution in [0.15, 0.2) is 0 Å². The number of carboxylic acid groups (broad SMARTS) is 1. The lowest BCUT2D eigenvalue weighted by molar-refractivity contribution is 0.0474. The Morgan fingerprint density at radius 2 is 1.75 bits per heavy atom. The monoisotopic (exact) mass is 233 g/mol. The van der Waals surface area contributed by atoms with Crippen molar-refractivity contribution in [2.75, 3.05) is 33.0 Å². The minimum absolute atomic E-state index is 0.325. The summed E-state index contributed by atoms with van der Waals surface area (Å²) in [6.07, 6.45) is 3.81. The van der Waals surface area contributed by atoms with Crippen molar-refractivity contribution in [3.05, 3.63) is 0 Å². The first-order valence-electron chi connectivity index (χ1n) is 5.89. The molecule has 0 radical (unpaired) electrons. The molecule has 0 aliphatic heterocycles. The van der Waals surface area contributed by atoms with Gasteiger partial charge < -0.3 is 19.9 Å². The van der Waals surface area contributed by atoms with Crippen LogP contribution < -0.4 is 5.32 Å². The Morgan fingerprint density at radius 3 is 2.38 bits per heavy atom. The third kappa shape index (κ3) is 13.2. The molecule has 0 aromatic rings. The molecule has 0 aromatic heterocycles. The average Bonchev–Trinajstić information content (AvgIpc) is 2.25. The highest BCUT2D eigenvalue weighted by atomic mass is 16.5. The fourth-order valence-electron chi connectivity index (χ4n) is 1.18. The van der Waals surface area contributed by atoms with Crippen LogP contribution in [-0.4, -0.2) is 44.2 Å². The first kappa shape index (κ1) is 15.2. The molecule has 0 aromatic carbocycles. The zero-order chi connectivity index (χ0) is 12.1. The topological polar surface area (TPSA) is 67.8 Å². The molecule has 0 aliphatic carbocycles. The molecule has 0 aliphatic rings. The van der Waals surface area contributed by atoms with Gasteiger partial charge in [-0.3, -0.25) is 0 Å². The molecule has 0 heterocycles. The second-order valence-corrected chi connectivity index (χ2v) is 3.52. The van der Waals surface area contributed by atoms with E-state index >= 15 is 0 Å². The molecule has 0 fully saturated rings. The highest BCUT2D eigenvalue weighted by Gasteiger charge is 1.93. The zero-order valence-electron chi connectivity index (χ0n) is 10.0. The Balaban J connectivity index is 2.90. The van der Waals surface area contributed by atoms with E-state index in [2.05, 4.69) is 12.2 Å². The van der Waals surface area contributed by atoms with E-state index in [0.717, 1.165) is 13.0 Å². The van der Waals surface area contributed by atoms with E-state index in [4.69, 9.17) is 14.6 Å². The Morgan fingerprint density at radius 1 is 1.06 bits per heavy atom. The van der Waals surface area contributed by atoms with Crippen LogP contribution in [-0.2, 0) is 9.47 Å². The molecule has 0 bridgehead atoms. The number of ether oxygens (including phenoxy) is 2. The Kier molecular flexibility index (Phi) is 11.6. The van der Waals surface area contributed by atoms with Gasteiger partial charge in [0.1, 0.15) is 0 Å². The van der Waals surface area contributed by atoms with Gasteiger partial charge in [0.15, 0.2) is 0 Å². The molecule has 0 atom stereocenters. The van der Waals surface area contributed by atoms with Gasteiger partial charge in [0.05, 0.1) is 19.8 Å². The van der Waals surface area contributed by atoms with E-state index in [1.54, 1.807) is 0 Å².